The van der Waals surface area contributed by atoms with Crippen LogP contribution < -0.4 is 10.8 Å². The second kappa shape index (κ2) is 5.47. The molecule has 1 N–H and O–H groups in total. The van der Waals surface area contributed by atoms with Crippen LogP contribution >= 0.6 is 0 Å². The van der Waals surface area contributed by atoms with Crippen molar-refractivity contribution in [2.45, 2.75) is 6.92 Å². The number of hydrogen-bond acceptors (Lipinski definition) is 4. The molecule has 136 valence electrons. The molecule has 0 saturated heterocycles. The molecule has 5 heteroatoms. The molecule has 0 spiro atoms. The summed E-state index contributed by atoms with van der Waals surface area (Å²) in [5.41, 5.74) is 5.36. The Kier molecular flexibility index (Phi) is 3.01. The zero-order valence-corrected chi connectivity index (χ0v) is 15.5. The van der Waals surface area contributed by atoms with Gasteiger partial charge in [-0.05, 0) is 41.9 Å². The van der Waals surface area contributed by atoms with Gasteiger partial charge in [0.05, 0.1) is 33.2 Å². The van der Waals surface area contributed by atoms with Gasteiger partial charge < -0.3 is 0 Å². The molecule has 5 nitrogen and oxygen atoms in total. The fourth-order valence-corrected chi connectivity index (χ4v) is 4.38. The van der Waals surface area contributed by atoms with E-state index in [9.17, 15) is 4.79 Å². The van der Waals surface area contributed by atoms with Gasteiger partial charge in [-0.1, -0.05) is 42.5 Å². The summed E-state index contributed by atoms with van der Waals surface area (Å²) >= 11 is 0. The lowest BCUT2D eigenvalue weighted by atomic mass is 9.96. The number of aliphatic imine (C=N–C) groups is 1. The van der Waals surface area contributed by atoms with Gasteiger partial charge in [0.2, 0.25) is 0 Å². The average molecular weight is 374 g/mol. The monoisotopic (exact) mass is 374 g/mol. The highest BCUT2D eigenvalue weighted by Gasteiger charge is 2.26. The zero-order valence-electron chi connectivity index (χ0n) is 15.5. The summed E-state index contributed by atoms with van der Waals surface area (Å²) < 4.78 is 1.58. The van der Waals surface area contributed by atoms with E-state index in [4.69, 9.17) is 10.4 Å². The van der Waals surface area contributed by atoms with Gasteiger partial charge >= 0.3 is 0 Å². The number of aromatic nitrogens is 2. The summed E-state index contributed by atoms with van der Waals surface area (Å²) in [5, 5.41) is 10.5. The van der Waals surface area contributed by atoms with Gasteiger partial charge in [-0.3, -0.25) is 14.6 Å². The van der Waals surface area contributed by atoms with Gasteiger partial charge in [0, 0.05) is 10.9 Å². The molecular weight excluding hydrogens is 360 g/mol. The Morgan fingerprint density at radius 3 is 2.62 bits per heavy atom. The summed E-state index contributed by atoms with van der Waals surface area (Å²) in [7, 11) is 0. The van der Waals surface area contributed by atoms with Crippen molar-refractivity contribution in [2.24, 2.45) is 4.99 Å². The molecule has 3 aromatic carbocycles. The molecule has 0 radical (unpaired) electrons. The molecule has 0 bridgehead atoms. The molecular formula is C24H14N4O. The second-order valence-corrected chi connectivity index (χ2v) is 7.21. The van der Waals surface area contributed by atoms with Crippen molar-refractivity contribution < 1.29 is 0 Å². The standard InChI is InChI=1S/C24H14N4O/c1-13-16(12-25)23-27-17-9-2-3-11-19(17)28(23)24(29)20(13)22-15-8-4-6-14-7-5-10-18(26-22)21(14)15/h2-11,25H,1H3. The topological polar surface area (TPSA) is 70.6 Å². The maximum atomic E-state index is 13.7. The molecule has 0 amide bonds. The largest absolute Gasteiger partial charge is 0.268 e. The molecule has 0 atom stereocenters. The first kappa shape index (κ1) is 15.9. The van der Waals surface area contributed by atoms with Crippen molar-refractivity contribution in [3.05, 3.63) is 92.9 Å². The number of benzene rings is 3. The predicted octanol–water partition coefficient (Wildman–Crippen LogP) is 3.43. The Balaban J connectivity index is 1.82. The number of para-hydroxylation sites is 2. The van der Waals surface area contributed by atoms with Gasteiger partial charge in [0.1, 0.15) is 0 Å². The van der Waals surface area contributed by atoms with E-state index in [0.717, 1.165) is 33.1 Å². The summed E-state index contributed by atoms with van der Waals surface area (Å²) in [6.07, 6.45) is 0. The predicted molar refractivity (Wildman–Crippen MR) is 115 cm³/mol. The minimum Gasteiger partial charge on any atom is -0.268 e. The van der Waals surface area contributed by atoms with Gasteiger partial charge in [-0.15, -0.1) is 0 Å². The molecule has 0 aliphatic carbocycles. The van der Waals surface area contributed by atoms with Gasteiger partial charge in [0.25, 0.3) is 5.56 Å². The number of nitrogens with zero attached hydrogens (tertiary/aromatic N) is 3. The lowest BCUT2D eigenvalue weighted by Gasteiger charge is -2.08. The van der Waals surface area contributed by atoms with Crippen molar-refractivity contribution in [2.75, 3.05) is 0 Å². The van der Waals surface area contributed by atoms with E-state index in [1.165, 1.54) is 0 Å². The molecule has 0 fully saturated rings. The smallest absolute Gasteiger partial charge is 0.266 e. The van der Waals surface area contributed by atoms with Crippen LogP contribution in [0.5, 0.6) is 0 Å². The lowest BCUT2D eigenvalue weighted by molar-refractivity contribution is 1.11. The van der Waals surface area contributed by atoms with Crippen LogP contribution in [0.2, 0.25) is 0 Å². The first-order valence-corrected chi connectivity index (χ1v) is 9.33. The van der Waals surface area contributed by atoms with E-state index in [1.807, 2.05) is 55.5 Å². The number of imidazole rings is 1. The molecule has 2 aromatic heterocycles. The Morgan fingerprint density at radius 1 is 1.00 bits per heavy atom. The van der Waals surface area contributed by atoms with Crippen LogP contribution in [0.1, 0.15) is 16.7 Å². The Morgan fingerprint density at radius 2 is 1.79 bits per heavy atom. The molecule has 3 heterocycles. The minimum absolute atomic E-state index is 0.172. The normalized spacial score (nSPS) is 12.7. The maximum Gasteiger partial charge on any atom is 0.266 e. The van der Waals surface area contributed by atoms with Gasteiger partial charge in [-0.25, -0.2) is 9.98 Å². The van der Waals surface area contributed by atoms with Crippen LogP contribution in [0, 0.1) is 12.3 Å². The maximum absolute atomic E-state index is 13.7. The van der Waals surface area contributed by atoms with Gasteiger partial charge in [-0.2, -0.15) is 0 Å². The molecule has 29 heavy (non-hydrogen) atoms. The molecule has 0 unspecified atom stereocenters. The van der Waals surface area contributed by atoms with E-state index in [1.54, 1.807) is 4.40 Å². The van der Waals surface area contributed by atoms with Crippen LogP contribution in [-0.2, 0) is 0 Å². The molecule has 6 rings (SSSR count). The summed E-state index contributed by atoms with van der Waals surface area (Å²) in [4.78, 5) is 23.1. The highest BCUT2D eigenvalue weighted by molar-refractivity contribution is 6.26. The third-order valence-electron chi connectivity index (χ3n) is 5.68. The SMILES string of the molecule is Cc1c(C2=Nc3cccc4cccc2c34)c(=O)n2c(nc3ccccc32)c1=C=N. The highest BCUT2D eigenvalue weighted by atomic mass is 16.1. The number of rotatable bonds is 1. The Labute approximate surface area is 164 Å². The summed E-state index contributed by atoms with van der Waals surface area (Å²) in [6, 6.07) is 19.5. The van der Waals surface area contributed by atoms with E-state index in [-0.39, 0.29) is 5.56 Å². The molecule has 1 aliphatic heterocycles. The molecule has 0 saturated carbocycles. The van der Waals surface area contributed by atoms with Crippen molar-refractivity contribution in [1.29, 1.82) is 5.41 Å². The van der Waals surface area contributed by atoms with Crippen molar-refractivity contribution in [1.82, 2.24) is 9.38 Å². The number of fused-ring (bicyclic) bond motifs is 3. The lowest BCUT2D eigenvalue weighted by Crippen LogP contribution is -2.31. The summed E-state index contributed by atoms with van der Waals surface area (Å²) in [5.74, 6) is 2.51. The van der Waals surface area contributed by atoms with E-state index in [0.29, 0.717) is 27.7 Å². The van der Waals surface area contributed by atoms with Crippen molar-refractivity contribution in [3.63, 3.8) is 0 Å². The van der Waals surface area contributed by atoms with Crippen LogP contribution in [0.4, 0.5) is 5.69 Å². The number of nitrogens with one attached hydrogen (secondary N) is 1. The number of pyridine rings is 1. The first-order chi connectivity index (χ1) is 14.2. The fourth-order valence-electron chi connectivity index (χ4n) is 4.38. The minimum atomic E-state index is -0.172. The molecule has 1 aliphatic rings. The second-order valence-electron chi connectivity index (χ2n) is 7.21. The van der Waals surface area contributed by atoms with Crippen molar-refractivity contribution >= 4 is 44.7 Å². The van der Waals surface area contributed by atoms with E-state index < -0.39 is 0 Å². The van der Waals surface area contributed by atoms with Gasteiger partial charge in [0.15, 0.2) is 5.65 Å². The van der Waals surface area contributed by atoms with Crippen LogP contribution in [0.3, 0.4) is 0 Å². The highest BCUT2D eigenvalue weighted by Crippen LogP contribution is 2.36. The number of hydrogen-bond donors (Lipinski definition) is 1. The Bertz CT molecular complexity index is 1680. The third kappa shape index (κ3) is 1.94. The zero-order chi connectivity index (χ0) is 19.7. The average Bonchev–Trinajstić information content (AvgIpc) is 3.29. The third-order valence-corrected chi connectivity index (χ3v) is 5.68. The van der Waals surface area contributed by atoms with Crippen molar-refractivity contribution in [3.8, 4) is 0 Å². The quantitative estimate of drug-likeness (QED) is 0.448. The van der Waals surface area contributed by atoms with E-state index in [2.05, 4.69) is 23.0 Å². The van der Waals surface area contributed by atoms with Crippen LogP contribution in [0.25, 0.3) is 27.5 Å². The van der Waals surface area contributed by atoms with Crippen LogP contribution in [0.15, 0.2) is 70.5 Å². The fraction of sp³-hybridized carbons (Fsp3) is 0.0417. The first-order valence-electron chi connectivity index (χ1n) is 9.33. The Hall–Kier alpha value is -4.08. The van der Waals surface area contributed by atoms with Crippen LogP contribution in [-0.4, -0.2) is 21.0 Å². The molecule has 5 aromatic rings. The van der Waals surface area contributed by atoms with E-state index >= 15 is 0 Å². The summed E-state index contributed by atoms with van der Waals surface area (Å²) in [6.45, 7) is 1.85.